The van der Waals surface area contributed by atoms with Crippen molar-refractivity contribution in [2.75, 3.05) is 37.7 Å². The summed E-state index contributed by atoms with van der Waals surface area (Å²) >= 11 is 0. The van der Waals surface area contributed by atoms with Gasteiger partial charge < -0.3 is 15.0 Å². The maximum absolute atomic E-state index is 13.3. The fraction of sp³-hybridized carbons (Fsp3) is 0.480. The van der Waals surface area contributed by atoms with Crippen LogP contribution in [0, 0.1) is 5.92 Å². The number of hydrogen-bond donors (Lipinski definition) is 1. The van der Waals surface area contributed by atoms with Gasteiger partial charge in [-0.15, -0.1) is 0 Å². The maximum atomic E-state index is 13.3. The van der Waals surface area contributed by atoms with Crippen LogP contribution in [0.1, 0.15) is 25.0 Å². The average molecular weight is 462 g/mol. The number of rotatable bonds is 6. The number of benzene rings is 2. The number of piperazine rings is 1. The molecule has 2 aliphatic rings. The minimum atomic E-state index is -4.40. The second-order valence-electron chi connectivity index (χ2n) is 9.04. The second kappa shape index (κ2) is 9.63. The van der Waals surface area contributed by atoms with Gasteiger partial charge in [0.1, 0.15) is 12.4 Å². The van der Waals surface area contributed by atoms with Crippen LogP contribution in [0.4, 0.5) is 18.9 Å². The van der Waals surface area contributed by atoms with E-state index in [0.29, 0.717) is 31.7 Å². The molecule has 178 valence electrons. The van der Waals surface area contributed by atoms with Gasteiger partial charge in [-0.25, -0.2) is 0 Å². The molecular formula is C25H30F3N3O2. The van der Waals surface area contributed by atoms with Gasteiger partial charge in [0.15, 0.2) is 0 Å². The summed E-state index contributed by atoms with van der Waals surface area (Å²) in [5.41, 5.74) is 0.729. The van der Waals surface area contributed by atoms with Gasteiger partial charge in [-0.1, -0.05) is 18.2 Å². The zero-order chi connectivity index (χ0) is 23.6. The van der Waals surface area contributed by atoms with Crippen LogP contribution in [-0.4, -0.2) is 55.7 Å². The predicted octanol–water partition coefficient (Wildman–Crippen LogP) is 3.97. The molecule has 0 saturated carbocycles. The molecule has 4 rings (SSSR count). The predicted molar refractivity (Wildman–Crippen MR) is 121 cm³/mol. The van der Waals surface area contributed by atoms with E-state index in [1.807, 2.05) is 44.2 Å². The lowest BCUT2D eigenvalue weighted by atomic mass is 9.82. The smallest absolute Gasteiger partial charge is 0.416 e. The van der Waals surface area contributed by atoms with E-state index < -0.39 is 17.7 Å². The molecule has 0 aromatic heterocycles. The highest BCUT2D eigenvalue weighted by molar-refractivity contribution is 5.82. The van der Waals surface area contributed by atoms with E-state index in [9.17, 15) is 18.0 Å². The molecule has 2 atom stereocenters. The first-order valence-corrected chi connectivity index (χ1v) is 11.4. The van der Waals surface area contributed by atoms with Crippen molar-refractivity contribution < 1.29 is 22.7 Å². The van der Waals surface area contributed by atoms with Gasteiger partial charge in [-0.3, -0.25) is 9.69 Å². The van der Waals surface area contributed by atoms with E-state index >= 15 is 0 Å². The van der Waals surface area contributed by atoms with Crippen molar-refractivity contribution in [3.63, 3.8) is 0 Å². The summed E-state index contributed by atoms with van der Waals surface area (Å²) in [6, 6.07) is 13.4. The normalized spacial score (nSPS) is 20.8. The number of carbonyl (C=O) groups is 1. The van der Waals surface area contributed by atoms with Crippen LogP contribution in [0.3, 0.4) is 0 Å². The van der Waals surface area contributed by atoms with Crippen molar-refractivity contribution in [3.05, 3.63) is 59.7 Å². The first-order valence-electron chi connectivity index (χ1n) is 11.4. The summed E-state index contributed by atoms with van der Waals surface area (Å²) in [5.74, 6) is 0.295. The minimum Gasteiger partial charge on any atom is -0.492 e. The molecule has 2 heterocycles. The molecule has 0 aliphatic carbocycles. The summed E-state index contributed by atoms with van der Waals surface area (Å²) in [4.78, 5) is 17.5. The van der Waals surface area contributed by atoms with E-state index in [0.717, 1.165) is 30.6 Å². The molecule has 1 amide bonds. The Bertz CT molecular complexity index is 965. The van der Waals surface area contributed by atoms with Crippen molar-refractivity contribution in [1.29, 1.82) is 0 Å². The molecule has 1 saturated heterocycles. The standard InChI is InChI=1S/C25H30F3N3O2/c1-17(2)29-24(32)21-15-18-14-19(25(26,27)28)8-9-22(18)31-11-10-30(16-23(21)31)12-13-33-20-6-4-3-5-7-20/h3-9,14,17,21,23H,10-13,15-16H2,1-2H3,(H,29,32). The first kappa shape index (κ1) is 23.4. The molecule has 2 aromatic carbocycles. The number of nitrogens with one attached hydrogen (secondary N) is 1. The highest BCUT2D eigenvalue weighted by Crippen LogP contribution is 2.39. The maximum Gasteiger partial charge on any atom is 0.416 e. The number of ether oxygens (including phenoxy) is 1. The van der Waals surface area contributed by atoms with Gasteiger partial charge in [0.05, 0.1) is 17.5 Å². The topological polar surface area (TPSA) is 44.8 Å². The fourth-order valence-electron chi connectivity index (χ4n) is 4.76. The number of nitrogens with zero attached hydrogens (tertiary/aromatic N) is 2. The summed E-state index contributed by atoms with van der Waals surface area (Å²) in [7, 11) is 0. The third-order valence-electron chi connectivity index (χ3n) is 6.31. The van der Waals surface area contributed by atoms with Crippen LogP contribution in [0.5, 0.6) is 5.75 Å². The second-order valence-corrected chi connectivity index (χ2v) is 9.04. The van der Waals surface area contributed by atoms with Crippen LogP contribution < -0.4 is 15.0 Å². The number of carbonyl (C=O) groups excluding carboxylic acids is 1. The number of alkyl halides is 3. The summed E-state index contributed by atoms with van der Waals surface area (Å²) in [6.45, 7) is 7.11. The van der Waals surface area contributed by atoms with Crippen LogP contribution in [0.2, 0.25) is 0 Å². The van der Waals surface area contributed by atoms with Crippen molar-refractivity contribution in [2.24, 2.45) is 5.92 Å². The van der Waals surface area contributed by atoms with E-state index in [4.69, 9.17) is 4.74 Å². The van der Waals surface area contributed by atoms with Crippen LogP contribution in [-0.2, 0) is 17.4 Å². The summed E-state index contributed by atoms with van der Waals surface area (Å²) < 4.78 is 45.7. The molecule has 5 nitrogen and oxygen atoms in total. The Hall–Kier alpha value is -2.74. The van der Waals surface area contributed by atoms with Crippen molar-refractivity contribution in [3.8, 4) is 5.75 Å². The van der Waals surface area contributed by atoms with E-state index in [1.54, 1.807) is 6.07 Å². The molecule has 2 unspecified atom stereocenters. The number of hydrogen-bond acceptors (Lipinski definition) is 4. The fourth-order valence-corrected chi connectivity index (χ4v) is 4.76. The number of halogens is 3. The van der Waals surface area contributed by atoms with Crippen molar-refractivity contribution in [2.45, 2.75) is 38.5 Å². The molecule has 1 fully saturated rings. The Kier molecular flexibility index (Phi) is 6.83. The molecule has 0 radical (unpaired) electrons. The Morgan fingerprint density at radius 1 is 1.15 bits per heavy atom. The molecule has 0 bridgehead atoms. The van der Waals surface area contributed by atoms with Gasteiger partial charge >= 0.3 is 6.18 Å². The molecule has 2 aromatic rings. The van der Waals surface area contributed by atoms with Gasteiger partial charge in [0, 0.05) is 37.9 Å². The molecule has 1 N–H and O–H groups in total. The van der Waals surface area contributed by atoms with Gasteiger partial charge in [-0.05, 0) is 56.2 Å². The Balaban J connectivity index is 1.51. The molecule has 2 aliphatic heterocycles. The molecule has 0 spiro atoms. The monoisotopic (exact) mass is 461 g/mol. The summed E-state index contributed by atoms with van der Waals surface area (Å²) in [5, 5.41) is 2.97. The van der Waals surface area contributed by atoms with E-state index in [2.05, 4.69) is 15.1 Å². The Labute approximate surface area is 192 Å². The van der Waals surface area contributed by atoms with Crippen LogP contribution in [0.25, 0.3) is 0 Å². The summed E-state index contributed by atoms with van der Waals surface area (Å²) in [6.07, 6.45) is -4.10. The third kappa shape index (κ3) is 5.43. The minimum absolute atomic E-state index is 0.0344. The largest absolute Gasteiger partial charge is 0.492 e. The Morgan fingerprint density at radius 2 is 1.91 bits per heavy atom. The highest BCUT2D eigenvalue weighted by Gasteiger charge is 2.42. The van der Waals surface area contributed by atoms with Gasteiger partial charge in [0.2, 0.25) is 5.91 Å². The lowest BCUT2D eigenvalue weighted by Crippen LogP contribution is -2.61. The number of anilines is 1. The van der Waals surface area contributed by atoms with E-state index in [-0.39, 0.29) is 18.0 Å². The SMILES string of the molecule is CC(C)NC(=O)C1Cc2cc(C(F)(F)F)ccc2N2CCN(CCOc3ccccc3)CC12. The number of fused-ring (bicyclic) bond motifs is 3. The lowest BCUT2D eigenvalue weighted by molar-refractivity contribution is -0.137. The van der Waals surface area contributed by atoms with Crippen LogP contribution in [0.15, 0.2) is 48.5 Å². The first-order chi connectivity index (χ1) is 15.7. The molecule has 8 heteroatoms. The van der Waals surface area contributed by atoms with Gasteiger partial charge in [0.25, 0.3) is 0 Å². The molecule has 33 heavy (non-hydrogen) atoms. The molecular weight excluding hydrogens is 431 g/mol. The Morgan fingerprint density at radius 3 is 2.61 bits per heavy atom. The average Bonchev–Trinajstić information content (AvgIpc) is 2.77. The zero-order valence-corrected chi connectivity index (χ0v) is 18.9. The van der Waals surface area contributed by atoms with Crippen LogP contribution >= 0.6 is 0 Å². The van der Waals surface area contributed by atoms with Crippen molar-refractivity contribution >= 4 is 11.6 Å². The van der Waals surface area contributed by atoms with Gasteiger partial charge in [-0.2, -0.15) is 13.2 Å². The van der Waals surface area contributed by atoms with Crippen molar-refractivity contribution in [1.82, 2.24) is 10.2 Å². The number of amides is 1. The lowest BCUT2D eigenvalue weighted by Gasteiger charge is -2.49. The highest BCUT2D eigenvalue weighted by atomic mass is 19.4. The number of para-hydroxylation sites is 1. The quantitative estimate of drug-likeness (QED) is 0.707. The zero-order valence-electron chi connectivity index (χ0n) is 18.9. The third-order valence-corrected chi connectivity index (χ3v) is 6.31. The van der Waals surface area contributed by atoms with E-state index in [1.165, 1.54) is 6.07 Å².